The Morgan fingerprint density at radius 2 is 1.94 bits per heavy atom. The second-order valence-electron chi connectivity index (χ2n) is 4.15. The smallest absolute Gasteiger partial charge is 0.251 e. The van der Waals surface area contributed by atoms with Gasteiger partial charge in [0.1, 0.15) is 0 Å². The highest BCUT2D eigenvalue weighted by Crippen LogP contribution is 2.05. The Bertz CT molecular complexity index is 322. The maximum Gasteiger partial charge on any atom is 0.251 e. The molecular weight excluding hydrogens is 202 g/mol. The van der Waals surface area contributed by atoms with Gasteiger partial charge in [0.25, 0.3) is 5.91 Å². The predicted molar refractivity (Wildman–Crippen MR) is 64.4 cm³/mol. The SMILES string of the molecule is COC[C@@H](NC(=O)c1ccccc1)C(C)C. The lowest BCUT2D eigenvalue weighted by molar-refractivity contribution is 0.0866. The summed E-state index contributed by atoms with van der Waals surface area (Å²) in [7, 11) is 1.64. The Hall–Kier alpha value is -1.35. The van der Waals surface area contributed by atoms with Gasteiger partial charge < -0.3 is 10.1 Å². The first kappa shape index (κ1) is 12.7. The second kappa shape index (κ2) is 6.28. The number of ether oxygens (including phenoxy) is 1. The van der Waals surface area contributed by atoms with E-state index < -0.39 is 0 Å². The van der Waals surface area contributed by atoms with Gasteiger partial charge in [0.05, 0.1) is 12.6 Å². The lowest BCUT2D eigenvalue weighted by Gasteiger charge is -2.21. The molecule has 0 radical (unpaired) electrons. The zero-order chi connectivity index (χ0) is 12.0. The molecule has 0 bridgehead atoms. The van der Waals surface area contributed by atoms with Crippen LogP contribution in [0.25, 0.3) is 0 Å². The van der Waals surface area contributed by atoms with Crippen LogP contribution in [0.1, 0.15) is 24.2 Å². The van der Waals surface area contributed by atoms with E-state index in [1.54, 1.807) is 19.2 Å². The van der Waals surface area contributed by atoms with Gasteiger partial charge in [-0.1, -0.05) is 32.0 Å². The number of rotatable bonds is 5. The molecule has 0 spiro atoms. The van der Waals surface area contributed by atoms with Crippen molar-refractivity contribution < 1.29 is 9.53 Å². The molecule has 1 N–H and O–H groups in total. The molecule has 0 aliphatic heterocycles. The normalized spacial score (nSPS) is 12.5. The largest absolute Gasteiger partial charge is 0.383 e. The lowest BCUT2D eigenvalue weighted by atomic mass is 10.0. The maximum atomic E-state index is 11.9. The fraction of sp³-hybridized carbons (Fsp3) is 0.462. The minimum absolute atomic E-state index is 0.0450. The number of benzene rings is 1. The summed E-state index contributed by atoms with van der Waals surface area (Å²) < 4.78 is 5.09. The Morgan fingerprint density at radius 1 is 1.31 bits per heavy atom. The summed E-state index contributed by atoms with van der Waals surface area (Å²) in [6.45, 7) is 4.67. The number of hydrogen-bond donors (Lipinski definition) is 1. The van der Waals surface area contributed by atoms with E-state index in [1.807, 2.05) is 18.2 Å². The molecule has 0 aliphatic rings. The molecule has 0 saturated heterocycles. The van der Waals surface area contributed by atoms with Crippen LogP contribution >= 0.6 is 0 Å². The number of amides is 1. The minimum atomic E-state index is -0.0450. The fourth-order valence-corrected chi connectivity index (χ4v) is 1.42. The van der Waals surface area contributed by atoms with E-state index in [1.165, 1.54) is 0 Å². The lowest BCUT2D eigenvalue weighted by Crippen LogP contribution is -2.41. The Kier molecular flexibility index (Phi) is 4.99. The van der Waals surface area contributed by atoms with Crippen LogP contribution in [0.2, 0.25) is 0 Å². The third-order valence-corrected chi connectivity index (χ3v) is 2.50. The van der Waals surface area contributed by atoms with E-state index >= 15 is 0 Å². The van der Waals surface area contributed by atoms with Crippen LogP contribution in [0.4, 0.5) is 0 Å². The molecule has 1 amide bonds. The molecule has 1 aromatic rings. The molecule has 0 unspecified atom stereocenters. The highest BCUT2D eigenvalue weighted by atomic mass is 16.5. The van der Waals surface area contributed by atoms with Gasteiger partial charge in [-0.15, -0.1) is 0 Å². The summed E-state index contributed by atoms with van der Waals surface area (Å²) >= 11 is 0. The first-order chi connectivity index (χ1) is 7.65. The Balaban J connectivity index is 2.62. The second-order valence-corrected chi connectivity index (χ2v) is 4.15. The maximum absolute atomic E-state index is 11.9. The molecule has 0 fully saturated rings. The van der Waals surface area contributed by atoms with Crippen molar-refractivity contribution in [2.24, 2.45) is 5.92 Å². The van der Waals surface area contributed by atoms with Crippen molar-refractivity contribution in [2.45, 2.75) is 19.9 Å². The monoisotopic (exact) mass is 221 g/mol. The molecule has 3 nitrogen and oxygen atoms in total. The van der Waals surface area contributed by atoms with Gasteiger partial charge in [-0.2, -0.15) is 0 Å². The number of nitrogens with one attached hydrogen (secondary N) is 1. The molecule has 0 saturated carbocycles. The Labute approximate surface area is 96.8 Å². The van der Waals surface area contributed by atoms with E-state index in [2.05, 4.69) is 19.2 Å². The zero-order valence-electron chi connectivity index (χ0n) is 10.1. The summed E-state index contributed by atoms with van der Waals surface area (Å²) in [6.07, 6.45) is 0. The van der Waals surface area contributed by atoms with E-state index in [0.717, 1.165) is 0 Å². The fourth-order valence-electron chi connectivity index (χ4n) is 1.42. The molecule has 0 heterocycles. The number of carbonyl (C=O) groups is 1. The zero-order valence-corrected chi connectivity index (χ0v) is 10.1. The summed E-state index contributed by atoms with van der Waals surface area (Å²) in [6, 6.07) is 9.27. The van der Waals surface area contributed by atoms with Crippen molar-refractivity contribution >= 4 is 5.91 Å². The van der Waals surface area contributed by atoms with Crippen LogP contribution in [0.15, 0.2) is 30.3 Å². The summed E-state index contributed by atoms with van der Waals surface area (Å²) in [5, 5.41) is 2.97. The van der Waals surface area contributed by atoms with Crippen LogP contribution in [-0.2, 0) is 4.74 Å². The summed E-state index contributed by atoms with van der Waals surface area (Å²) in [4.78, 5) is 11.9. The third kappa shape index (κ3) is 3.66. The average Bonchev–Trinajstić information content (AvgIpc) is 2.29. The molecular formula is C13H19NO2. The van der Waals surface area contributed by atoms with E-state index in [4.69, 9.17) is 4.74 Å². The number of carbonyl (C=O) groups excluding carboxylic acids is 1. The molecule has 88 valence electrons. The van der Waals surface area contributed by atoms with Crippen LogP contribution in [0.5, 0.6) is 0 Å². The van der Waals surface area contributed by atoms with E-state index in [-0.39, 0.29) is 11.9 Å². The van der Waals surface area contributed by atoms with Gasteiger partial charge in [-0.3, -0.25) is 4.79 Å². The summed E-state index contributed by atoms with van der Waals surface area (Å²) in [5.74, 6) is 0.309. The molecule has 1 rings (SSSR count). The Morgan fingerprint density at radius 3 is 2.44 bits per heavy atom. The molecule has 0 aromatic heterocycles. The van der Waals surface area contributed by atoms with Crippen LogP contribution in [0.3, 0.4) is 0 Å². The number of methoxy groups -OCH3 is 1. The third-order valence-electron chi connectivity index (χ3n) is 2.50. The van der Waals surface area contributed by atoms with Gasteiger partial charge in [-0.25, -0.2) is 0 Å². The quantitative estimate of drug-likeness (QED) is 0.826. The van der Waals surface area contributed by atoms with Crippen molar-refractivity contribution in [2.75, 3.05) is 13.7 Å². The molecule has 1 aromatic carbocycles. The number of hydrogen-bond acceptors (Lipinski definition) is 2. The highest BCUT2D eigenvalue weighted by molar-refractivity contribution is 5.94. The van der Waals surface area contributed by atoms with Gasteiger partial charge >= 0.3 is 0 Å². The first-order valence-electron chi connectivity index (χ1n) is 5.50. The first-order valence-corrected chi connectivity index (χ1v) is 5.50. The van der Waals surface area contributed by atoms with E-state index in [9.17, 15) is 4.79 Å². The van der Waals surface area contributed by atoms with Gasteiger partial charge in [0.2, 0.25) is 0 Å². The van der Waals surface area contributed by atoms with E-state index in [0.29, 0.717) is 18.1 Å². The molecule has 3 heteroatoms. The van der Waals surface area contributed by atoms with Crippen molar-refractivity contribution in [1.29, 1.82) is 0 Å². The van der Waals surface area contributed by atoms with Gasteiger partial charge in [0.15, 0.2) is 0 Å². The highest BCUT2D eigenvalue weighted by Gasteiger charge is 2.16. The van der Waals surface area contributed by atoms with Crippen molar-refractivity contribution in [1.82, 2.24) is 5.32 Å². The van der Waals surface area contributed by atoms with Crippen molar-refractivity contribution in [3.8, 4) is 0 Å². The molecule has 0 aliphatic carbocycles. The topological polar surface area (TPSA) is 38.3 Å². The van der Waals surface area contributed by atoms with Crippen molar-refractivity contribution in [3.05, 3.63) is 35.9 Å². The van der Waals surface area contributed by atoms with Gasteiger partial charge in [-0.05, 0) is 18.1 Å². The van der Waals surface area contributed by atoms with Gasteiger partial charge in [0, 0.05) is 12.7 Å². The van der Waals surface area contributed by atoms with Crippen molar-refractivity contribution in [3.63, 3.8) is 0 Å². The van der Waals surface area contributed by atoms with Crippen LogP contribution < -0.4 is 5.32 Å². The molecule has 16 heavy (non-hydrogen) atoms. The summed E-state index contributed by atoms with van der Waals surface area (Å²) in [5.41, 5.74) is 0.684. The molecule has 1 atom stereocenters. The van der Waals surface area contributed by atoms with Crippen LogP contribution in [0, 0.1) is 5.92 Å². The average molecular weight is 221 g/mol. The minimum Gasteiger partial charge on any atom is -0.383 e. The predicted octanol–water partition coefficient (Wildman–Crippen LogP) is 2.09. The van der Waals surface area contributed by atoms with Crippen LogP contribution in [-0.4, -0.2) is 25.7 Å². The standard InChI is InChI=1S/C13H19NO2/c1-10(2)12(9-16-3)14-13(15)11-7-5-4-6-8-11/h4-8,10,12H,9H2,1-3H3,(H,14,15)/t12-/m1/s1.